The summed E-state index contributed by atoms with van der Waals surface area (Å²) >= 11 is 3.74. The summed E-state index contributed by atoms with van der Waals surface area (Å²) in [5, 5.41) is 0. The molecule has 1 aliphatic rings. The molecule has 0 bridgehead atoms. The van der Waals surface area contributed by atoms with E-state index in [1.807, 2.05) is 12.2 Å². The molecule has 0 atom stereocenters. The normalized spacial score (nSPS) is 21.0. The Morgan fingerprint density at radius 2 is 1.46 bits per heavy atom. The van der Waals surface area contributed by atoms with Gasteiger partial charge in [-0.15, -0.1) is 0 Å². The minimum absolute atomic E-state index is 1.06. The Morgan fingerprint density at radius 1 is 1.08 bits per heavy atom. The van der Waals surface area contributed by atoms with Crippen LogP contribution in [0.4, 0.5) is 25.2 Å². The summed E-state index contributed by atoms with van der Waals surface area (Å²) in [5.41, 5.74) is 0. The van der Waals surface area contributed by atoms with Gasteiger partial charge in [-0.3, -0.25) is 0 Å². The van der Waals surface area contributed by atoms with Crippen LogP contribution in [0.25, 0.3) is 0 Å². The zero-order valence-corrected chi connectivity index (χ0v) is 8.01. The second kappa shape index (κ2) is 3.00. The Labute approximate surface area is 78.7 Å². The topological polar surface area (TPSA) is 0 Å². The van der Waals surface area contributed by atoms with Crippen molar-refractivity contribution in [2.75, 3.05) is 0 Å². The number of hydrogen-bond donors (Lipinski definition) is 0. The van der Waals surface area contributed by atoms with Crippen LogP contribution in [0.15, 0.2) is 22.7 Å². The van der Waals surface area contributed by atoms with Crippen molar-refractivity contribution in [3.63, 3.8) is 0 Å². The standard InChI is InChI=1S/C5H5.F6P.Fe/c1-2-4-5-3-1;1-7(2,3,4,5)6;/h1-3H,4H2;;/q;-1;+1. The van der Waals surface area contributed by atoms with Gasteiger partial charge in [-0.05, 0) is 0 Å². The van der Waals surface area contributed by atoms with Crippen molar-refractivity contribution in [2.24, 2.45) is 0 Å². The quantitative estimate of drug-likeness (QED) is 0.337. The molecular formula is C5H5F6FeP. The van der Waals surface area contributed by atoms with Crippen LogP contribution in [0.5, 0.6) is 0 Å². The molecule has 0 aromatic heterocycles. The van der Waals surface area contributed by atoms with Crippen LogP contribution in [0.2, 0.25) is 0 Å². The molecule has 0 fully saturated rings. The molecule has 13 heavy (non-hydrogen) atoms. The van der Waals surface area contributed by atoms with E-state index in [9.17, 15) is 25.2 Å². The number of allylic oxidation sites excluding steroid dienone is 4. The van der Waals surface area contributed by atoms with Crippen molar-refractivity contribution in [2.45, 2.75) is 6.42 Å². The molecule has 0 spiro atoms. The molecule has 8 heteroatoms. The van der Waals surface area contributed by atoms with Crippen molar-refractivity contribution in [3.8, 4) is 0 Å². The molecule has 0 amide bonds. The van der Waals surface area contributed by atoms with Gasteiger partial charge in [0.2, 0.25) is 0 Å². The predicted octanol–water partition coefficient (Wildman–Crippen LogP) is 4.76. The number of halogens is 6. The van der Waals surface area contributed by atoms with Gasteiger partial charge in [-0.1, -0.05) is 0 Å². The van der Waals surface area contributed by atoms with Crippen LogP contribution < -0.4 is 0 Å². The summed E-state index contributed by atoms with van der Waals surface area (Å²) in [7, 11) is -10.7. The Balaban J connectivity index is 0.000000223. The third-order valence-corrected chi connectivity index (χ3v) is 1.13. The first-order valence-electron chi connectivity index (χ1n) is 2.91. The first-order valence-corrected chi connectivity index (χ1v) is 5.49. The maximum atomic E-state index is 9.87. The van der Waals surface area contributed by atoms with E-state index >= 15 is 0 Å². The maximum absolute atomic E-state index is 10.7. The van der Waals surface area contributed by atoms with Gasteiger partial charge in [0.05, 0.1) is 0 Å². The Kier molecular flexibility index (Phi) is 3.01. The van der Waals surface area contributed by atoms with Crippen LogP contribution in [-0.4, -0.2) is 0 Å². The van der Waals surface area contributed by atoms with Gasteiger partial charge in [0.15, 0.2) is 0 Å². The molecule has 80 valence electrons. The van der Waals surface area contributed by atoms with E-state index in [1.54, 1.807) is 0 Å². The Morgan fingerprint density at radius 3 is 1.54 bits per heavy atom. The van der Waals surface area contributed by atoms with Crippen molar-refractivity contribution >= 4 is 7.81 Å². The third kappa shape index (κ3) is 24.5. The van der Waals surface area contributed by atoms with E-state index in [0.29, 0.717) is 0 Å². The molecule has 0 N–H and O–H groups in total. The summed E-state index contributed by atoms with van der Waals surface area (Å²) in [6.45, 7) is 0. The van der Waals surface area contributed by atoms with Crippen LogP contribution in [0, 0.1) is 0 Å². The van der Waals surface area contributed by atoms with E-state index in [-0.39, 0.29) is 0 Å². The van der Waals surface area contributed by atoms with E-state index in [2.05, 4.69) is 22.1 Å². The monoisotopic (exact) mass is 266 g/mol. The van der Waals surface area contributed by atoms with E-state index in [0.717, 1.165) is 6.42 Å². The Hall–Kier alpha value is 0.00948. The third-order valence-electron chi connectivity index (χ3n) is 0.717. The Bertz CT molecular complexity index is 234. The first-order chi connectivity index (χ1) is 5.34. The van der Waals surface area contributed by atoms with Crippen LogP contribution in [0.3, 0.4) is 0 Å². The minimum atomic E-state index is -10.7. The van der Waals surface area contributed by atoms with Gasteiger partial charge < -0.3 is 0 Å². The summed E-state index contributed by atoms with van der Waals surface area (Å²) in [5.74, 6) is 0. The number of hydrogen-bond acceptors (Lipinski definition) is 0. The molecule has 1 rings (SSSR count). The van der Waals surface area contributed by atoms with Gasteiger partial charge >= 0.3 is 78.1 Å². The fourth-order valence-electron chi connectivity index (χ4n) is 0.416. The van der Waals surface area contributed by atoms with Crippen molar-refractivity contribution < 1.29 is 41.2 Å². The molecule has 0 saturated carbocycles. The summed E-state index contributed by atoms with van der Waals surface area (Å²) < 4.78 is 60.4. The zero-order chi connectivity index (χ0) is 10.8. The fraction of sp³-hybridized carbons (Fsp3) is 0.200. The molecule has 0 heterocycles. The van der Waals surface area contributed by atoms with Crippen LogP contribution >= 0.6 is 7.81 Å². The summed E-state index contributed by atoms with van der Waals surface area (Å²) in [6, 6.07) is 0. The van der Waals surface area contributed by atoms with Gasteiger partial charge in [0.1, 0.15) is 0 Å². The molecular weight excluding hydrogens is 261 g/mol. The first kappa shape index (κ1) is 13.0. The molecule has 0 nitrogen and oxygen atoms in total. The zero-order valence-electron chi connectivity index (χ0n) is 6.01. The average Bonchev–Trinajstić information content (AvgIpc) is 2.07. The molecule has 0 saturated heterocycles. The van der Waals surface area contributed by atoms with Gasteiger partial charge in [-0.25, -0.2) is 0 Å². The summed E-state index contributed by atoms with van der Waals surface area (Å²) in [4.78, 5) is 0. The van der Waals surface area contributed by atoms with E-state index in [1.165, 1.54) is 4.47 Å². The van der Waals surface area contributed by atoms with Gasteiger partial charge in [0.25, 0.3) is 0 Å². The summed E-state index contributed by atoms with van der Waals surface area (Å²) in [6.07, 6.45) is 7.21. The molecule has 0 radical (unpaired) electrons. The van der Waals surface area contributed by atoms with Crippen LogP contribution in [0.1, 0.15) is 6.42 Å². The van der Waals surface area contributed by atoms with Crippen molar-refractivity contribution in [3.05, 3.63) is 22.7 Å². The van der Waals surface area contributed by atoms with Gasteiger partial charge in [-0.2, -0.15) is 0 Å². The molecule has 1 aliphatic carbocycles. The number of rotatable bonds is 0. The second-order valence-corrected chi connectivity index (χ2v) is 4.81. The van der Waals surface area contributed by atoms with Crippen LogP contribution in [-0.2, 0) is 16.0 Å². The fourth-order valence-corrected chi connectivity index (χ4v) is 0.652. The van der Waals surface area contributed by atoms with E-state index < -0.39 is 7.81 Å². The van der Waals surface area contributed by atoms with E-state index in [4.69, 9.17) is 0 Å². The van der Waals surface area contributed by atoms with Crippen molar-refractivity contribution in [1.82, 2.24) is 0 Å². The average molecular weight is 266 g/mol. The molecule has 0 unspecified atom stereocenters. The van der Waals surface area contributed by atoms with Crippen molar-refractivity contribution in [1.29, 1.82) is 0 Å². The molecule has 0 aliphatic heterocycles. The molecule has 0 aromatic rings. The SMILES string of the molecule is F[P-](F)(F)(F)(F)F.[Fe+][C]1=CC=CC1. The molecule has 0 aromatic carbocycles. The predicted molar refractivity (Wildman–Crippen MR) is 35.4 cm³/mol. The van der Waals surface area contributed by atoms with Gasteiger partial charge in [0, 0.05) is 0 Å². The second-order valence-electron chi connectivity index (χ2n) is 2.19.